The molecule has 0 aromatic carbocycles. The highest BCUT2D eigenvalue weighted by Gasteiger charge is 2.13. The molecule has 0 atom stereocenters. The maximum absolute atomic E-state index is 5.72. The Morgan fingerprint density at radius 2 is 2.12 bits per heavy atom. The van der Waals surface area contributed by atoms with Gasteiger partial charge in [0.25, 0.3) is 0 Å². The van der Waals surface area contributed by atoms with Gasteiger partial charge in [0.1, 0.15) is 6.33 Å². The number of ether oxygens (including phenoxy) is 1. The van der Waals surface area contributed by atoms with Gasteiger partial charge in [-0.3, -0.25) is 0 Å². The first-order valence-electron chi connectivity index (χ1n) is 5.41. The van der Waals surface area contributed by atoms with Crippen molar-refractivity contribution in [3.05, 3.63) is 6.33 Å². The lowest BCUT2D eigenvalue weighted by atomic mass is 10.1. The highest BCUT2D eigenvalue weighted by molar-refractivity contribution is 5.62. The maximum atomic E-state index is 5.72. The predicted molar refractivity (Wildman–Crippen MR) is 65.7 cm³/mol. The van der Waals surface area contributed by atoms with Crippen molar-refractivity contribution < 1.29 is 4.74 Å². The van der Waals surface area contributed by atoms with Gasteiger partial charge in [-0.05, 0) is 12.3 Å². The number of hydrogen-bond acceptors (Lipinski definition) is 5. The molecule has 0 unspecified atom stereocenters. The summed E-state index contributed by atoms with van der Waals surface area (Å²) < 4.78 is 5.21. The van der Waals surface area contributed by atoms with Crippen LogP contribution in [0.1, 0.15) is 20.3 Å². The van der Waals surface area contributed by atoms with E-state index in [9.17, 15) is 0 Å². The summed E-state index contributed by atoms with van der Waals surface area (Å²) in [6, 6.07) is 0. The molecule has 0 saturated carbocycles. The van der Waals surface area contributed by atoms with Gasteiger partial charge in [0.05, 0.1) is 7.11 Å². The summed E-state index contributed by atoms with van der Waals surface area (Å²) >= 11 is 0. The molecule has 0 amide bonds. The number of anilines is 2. The van der Waals surface area contributed by atoms with Crippen LogP contribution >= 0.6 is 0 Å². The summed E-state index contributed by atoms with van der Waals surface area (Å²) in [4.78, 5) is 10.1. The fourth-order valence-corrected chi connectivity index (χ4v) is 1.40. The lowest BCUT2D eigenvalue weighted by molar-refractivity contribution is 0.413. The van der Waals surface area contributed by atoms with Crippen molar-refractivity contribution in [1.82, 2.24) is 9.97 Å². The maximum Gasteiger partial charge on any atom is 0.204 e. The van der Waals surface area contributed by atoms with Crippen molar-refractivity contribution in [3.8, 4) is 5.75 Å². The molecule has 1 heterocycles. The summed E-state index contributed by atoms with van der Waals surface area (Å²) in [5.74, 6) is 2.33. The van der Waals surface area contributed by atoms with Gasteiger partial charge in [-0.2, -0.15) is 0 Å². The van der Waals surface area contributed by atoms with Gasteiger partial charge >= 0.3 is 0 Å². The summed E-state index contributed by atoms with van der Waals surface area (Å²) in [5, 5.41) is 0. The van der Waals surface area contributed by atoms with Crippen LogP contribution in [0, 0.1) is 5.92 Å². The second-order valence-corrected chi connectivity index (χ2v) is 4.22. The SMILES string of the molecule is COc1c(N)ncnc1N(C)CCC(C)C. The van der Waals surface area contributed by atoms with E-state index >= 15 is 0 Å². The van der Waals surface area contributed by atoms with Crippen molar-refractivity contribution in [2.75, 3.05) is 31.3 Å². The van der Waals surface area contributed by atoms with Gasteiger partial charge in [0.15, 0.2) is 11.6 Å². The monoisotopic (exact) mass is 224 g/mol. The van der Waals surface area contributed by atoms with Crippen LogP contribution in [-0.4, -0.2) is 30.7 Å². The van der Waals surface area contributed by atoms with E-state index in [4.69, 9.17) is 10.5 Å². The standard InChI is InChI=1S/C11H20N4O/c1-8(2)5-6-15(3)11-9(16-4)10(12)13-7-14-11/h7-8H,5-6H2,1-4H3,(H2,12,13,14). The number of hydrogen-bond donors (Lipinski definition) is 1. The minimum Gasteiger partial charge on any atom is -0.490 e. The zero-order valence-electron chi connectivity index (χ0n) is 10.4. The molecular weight excluding hydrogens is 204 g/mol. The molecule has 0 fully saturated rings. The zero-order valence-corrected chi connectivity index (χ0v) is 10.4. The van der Waals surface area contributed by atoms with Crippen molar-refractivity contribution in [2.24, 2.45) is 5.92 Å². The molecule has 2 N–H and O–H groups in total. The van der Waals surface area contributed by atoms with Crippen LogP contribution in [0.4, 0.5) is 11.6 Å². The van der Waals surface area contributed by atoms with Crippen LogP contribution in [0.25, 0.3) is 0 Å². The Balaban J connectivity index is 2.82. The Hall–Kier alpha value is -1.52. The fourth-order valence-electron chi connectivity index (χ4n) is 1.40. The first kappa shape index (κ1) is 12.5. The van der Waals surface area contributed by atoms with Crippen LogP contribution in [0.5, 0.6) is 5.75 Å². The molecule has 0 saturated heterocycles. The van der Waals surface area contributed by atoms with Gasteiger partial charge in [-0.25, -0.2) is 9.97 Å². The Morgan fingerprint density at radius 3 is 2.69 bits per heavy atom. The molecule has 1 rings (SSSR count). The van der Waals surface area contributed by atoms with Gasteiger partial charge in [0.2, 0.25) is 5.75 Å². The molecule has 16 heavy (non-hydrogen) atoms. The fraction of sp³-hybridized carbons (Fsp3) is 0.636. The molecule has 0 spiro atoms. The number of nitrogens with zero attached hydrogens (tertiary/aromatic N) is 3. The van der Waals surface area contributed by atoms with Gasteiger partial charge in [0, 0.05) is 13.6 Å². The Kier molecular flexibility index (Phi) is 4.34. The molecule has 0 radical (unpaired) electrons. The average Bonchev–Trinajstić information content (AvgIpc) is 2.25. The minimum atomic E-state index is 0.379. The number of aromatic nitrogens is 2. The third-order valence-corrected chi connectivity index (χ3v) is 2.42. The van der Waals surface area contributed by atoms with Gasteiger partial charge in [-0.15, -0.1) is 0 Å². The third kappa shape index (κ3) is 2.98. The zero-order chi connectivity index (χ0) is 12.1. The van der Waals surface area contributed by atoms with Crippen LogP contribution in [0.2, 0.25) is 0 Å². The molecule has 0 bridgehead atoms. The molecule has 1 aromatic rings. The lowest BCUT2D eigenvalue weighted by Crippen LogP contribution is -2.22. The lowest BCUT2D eigenvalue weighted by Gasteiger charge is -2.21. The number of rotatable bonds is 5. The largest absolute Gasteiger partial charge is 0.490 e. The third-order valence-electron chi connectivity index (χ3n) is 2.42. The summed E-state index contributed by atoms with van der Waals surface area (Å²) in [6.45, 7) is 5.31. The molecule has 0 aliphatic rings. The van der Waals surface area contributed by atoms with E-state index in [0.29, 0.717) is 17.5 Å². The molecule has 0 aliphatic heterocycles. The van der Waals surface area contributed by atoms with Gasteiger partial charge in [-0.1, -0.05) is 13.8 Å². The van der Waals surface area contributed by atoms with Crippen LogP contribution in [-0.2, 0) is 0 Å². The predicted octanol–water partition coefficient (Wildman–Crippen LogP) is 1.55. The average molecular weight is 224 g/mol. The summed E-state index contributed by atoms with van der Waals surface area (Å²) in [5.41, 5.74) is 5.72. The highest BCUT2D eigenvalue weighted by Crippen LogP contribution is 2.29. The Labute approximate surface area is 96.6 Å². The van der Waals surface area contributed by atoms with E-state index in [1.165, 1.54) is 6.33 Å². The number of nitrogen functional groups attached to an aromatic ring is 1. The van der Waals surface area contributed by atoms with Crippen molar-refractivity contribution in [2.45, 2.75) is 20.3 Å². The second kappa shape index (κ2) is 5.53. The molecule has 5 nitrogen and oxygen atoms in total. The molecule has 0 aliphatic carbocycles. The van der Waals surface area contributed by atoms with Gasteiger partial charge < -0.3 is 15.4 Å². The van der Waals surface area contributed by atoms with E-state index in [2.05, 4.69) is 23.8 Å². The Morgan fingerprint density at radius 1 is 1.44 bits per heavy atom. The Bertz CT molecular complexity index is 341. The van der Waals surface area contributed by atoms with Crippen LogP contribution in [0.3, 0.4) is 0 Å². The van der Waals surface area contributed by atoms with E-state index in [-0.39, 0.29) is 0 Å². The normalized spacial score (nSPS) is 10.6. The van der Waals surface area contributed by atoms with E-state index in [0.717, 1.165) is 18.8 Å². The van der Waals surface area contributed by atoms with Crippen LogP contribution in [0.15, 0.2) is 6.33 Å². The summed E-state index contributed by atoms with van der Waals surface area (Å²) in [7, 11) is 3.56. The highest BCUT2D eigenvalue weighted by atomic mass is 16.5. The first-order valence-corrected chi connectivity index (χ1v) is 5.41. The minimum absolute atomic E-state index is 0.379. The number of nitrogens with two attached hydrogens (primary N) is 1. The van der Waals surface area contributed by atoms with E-state index in [1.807, 2.05) is 11.9 Å². The quantitative estimate of drug-likeness (QED) is 0.822. The second-order valence-electron chi connectivity index (χ2n) is 4.22. The van der Waals surface area contributed by atoms with Crippen molar-refractivity contribution in [1.29, 1.82) is 0 Å². The van der Waals surface area contributed by atoms with Crippen LogP contribution < -0.4 is 15.4 Å². The smallest absolute Gasteiger partial charge is 0.204 e. The topological polar surface area (TPSA) is 64.3 Å². The van der Waals surface area contributed by atoms with Crippen molar-refractivity contribution >= 4 is 11.6 Å². The number of methoxy groups -OCH3 is 1. The first-order chi connectivity index (χ1) is 7.56. The van der Waals surface area contributed by atoms with E-state index in [1.54, 1.807) is 7.11 Å². The molecule has 1 aromatic heterocycles. The molecular formula is C11H20N4O. The summed E-state index contributed by atoms with van der Waals surface area (Å²) in [6.07, 6.45) is 2.56. The van der Waals surface area contributed by atoms with E-state index < -0.39 is 0 Å². The van der Waals surface area contributed by atoms with Crippen molar-refractivity contribution in [3.63, 3.8) is 0 Å². The molecule has 5 heteroatoms. The molecule has 90 valence electrons.